The summed E-state index contributed by atoms with van der Waals surface area (Å²) >= 11 is 0. The Kier molecular flexibility index (Phi) is 34.0. The molecule has 7 N–H and O–H groups in total. The summed E-state index contributed by atoms with van der Waals surface area (Å²) in [6.07, 6.45) is 23.5. The molecule has 0 bridgehead atoms. The molecule has 0 aromatic heterocycles. The van der Waals surface area contributed by atoms with Crippen LogP contribution in [0.1, 0.15) is 168 Å². The third-order valence-corrected chi connectivity index (χ3v) is 11.7. The molecule has 2 heterocycles. The number of hydrogen-bond donors (Lipinski definition) is 7. The lowest BCUT2D eigenvalue weighted by Crippen LogP contribution is -2.61. The molecule has 0 aromatic carbocycles. The average Bonchev–Trinajstić information content (AvgIpc) is 3.28. The van der Waals surface area contributed by atoms with Crippen molar-refractivity contribution in [2.75, 3.05) is 33.0 Å². The van der Waals surface area contributed by atoms with E-state index in [1.54, 1.807) is 0 Å². The monoisotopic (exact) mass is 901 g/mol. The number of esters is 1. The van der Waals surface area contributed by atoms with E-state index in [9.17, 15) is 40.5 Å². The topological polar surface area (TPSA) is 214 Å². The Morgan fingerprint density at radius 3 is 1.57 bits per heavy atom. The second-order valence-corrected chi connectivity index (χ2v) is 17.3. The first-order valence-electron chi connectivity index (χ1n) is 24.6. The van der Waals surface area contributed by atoms with E-state index in [4.69, 9.17) is 28.4 Å². The lowest BCUT2D eigenvalue weighted by atomic mass is 9.98. The maximum absolute atomic E-state index is 13.0. The van der Waals surface area contributed by atoms with E-state index >= 15 is 0 Å². The van der Waals surface area contributed by atoms with Crippen LogP contribution in [-0.4, -0.2) is 142 Å². The third-order valence-electron chi connectivity index (χ3n) is 11.7. The predicted octanol–water partition coefficient (Wildman–Crippen LogP) is 6.63. The number of carbonyl (C=O) groups is 1. The molecule has 63 heavy (non-hydrogen) atoms. The van der Waals surface area contributed by atoms with Crippen LogP contribution in [0.4, 0.5) is 0 Å². The zero-order chi connectivity index (χ0) is 45.9. The number of ether oxygens (including phenoxy) is 6. The maximum Gasteiger partial charge on any atom is 0.306 e. The highest BCUT2D eigenvalue weighted by Gasteiger charge is 2.47. The molecule has 0 amide bonds. The van der Waals surface area contributed by atoms with Gasteiger partial charge in [-0.1, -0.05) is 147 Å². The molecular formula is C49H88O14. The Morgan fingerprint density at radius 2 is 0.984 bits per heavy atom. The molecule has 2 aliphatic heterocycles. The van der Waals surface area contributed by atoms with Gasteiger partial charge in [0.15, 0.2) is 12.6 Å². The van der Waals surface area contributed by atoms with E-state index in [-0.39, 0.29) is 25.6 Å². The van der Waals surface area contributed by atoms with Gasteiger partial charge in [-0.05, 0) is 51.4 Å². The van der Waals surface area contributed by atoms with E-state index in [2.05, 4.69) is 50.3 Å². The summed E-state index contributed by atoms with van der Waals surface area (Å²) in [5.74, 6) is -0.389. The van der Waals surface area contributed by atoms with E-state index in [1.807, 2.05) is 0 Å². The standard InChI is InChI=1S/C49H88O14/c1-3-5-7-9-11-13-15-16-17-18-19-20-21-22-23-24-26-28-30-32-41(51)61-38(35-58-33-31-29-27-25-14-12-10-8-6-4-2)36-59-48-47(57)45(55)43(53)40(63-48)37-60-49-46(56)44(54)42(52)39(34-50)62-49/h11,13,16-17,19-20,38-40,42-50,52-57H,3-10,12,14-15,18,21-37H2,1-2H3/b13-11-,17-16-,20-19-. The van der Waals surface area contributed by atoms with Gasteiger partial charge in [-0.15, -0.1) is 0 Å². The smallest absolute Gasteiger partial charge is 0.306 e. The van der Waals surface area contributed by atoms with Crippen molar-refractivity contribution in [3.63, 3.8) is 0 Å². The number of allylic oxidation sites excluding steroid dienone is 6. The molecule has 2 fully saturated rings. The van der Waals surface area contributed by atoms with Gasteiger partial charge >= 0.3 is 5.97 Å². The van der Waals surface area contributed by atoms with Crippen LogP contribution in [-0.2, 0) is 33.2 Å². The molecule has 368 valence electrons. The number of hydrogen-bond acceptors (Lipinski definition) is 14. The van der Waals surface area contributed by atoms with Crippen molar-refractivity contribution in [1.82, 2.24) is 0 Å². The number of rotatable bonds is 38. The summed E-state index contributed by atoms with van der Waals surface area (Å²) in [6, 6.07) is 0. The Hall–Kier alpha value is -1.79. The molecule has 11 unspecified atom stereocenters. The summed E-state index contributed by atoms with van der Waals surface area (Å²) in [7, 11) is 0. The lowest BCUT2D eigenvalue weighted by molar-refractivity contribution is -0.332. The Labute approximate surface area is 379 Å². The van der Waals surface area contributed by atoms with E-state index in [0.29, 0.717) is 13.0 Å². The van der Waals surface area contributed by atoms with Crippen LogP contribution in [0.15, 0.2) is 36.5 Å². The highest BCUT2D eigenvalue weighted by molar-refractivity contribution is 5.69. The van der Waals surface area contributed by atoms with E-state index in [0.717, 1.165) is 70.6 Å². The Bertz CT molecular complexity index is 1180. The van der Waals surface area contributed by atoms with Gasteiger partial charge in [0.1, 0.15) is 54.9 Å². The Balaban J connectivity index is 1.77. The van der Waals surface area contributed by atoms with Gasteiger partial charge < -0.3 is 64.2 Å². The molecule has 14 nitrogen and oxygen atoms in total. The maximum atomic E-state index is 13.0. The largest absolute Gasteiger partial charge is 0.457 e. The van der Waals surface area contributed by atoms with Gasteiger partial charge in [0.2, 0.25) is 0 Å². The van der Waals surface area contributed by atoms with Crippen LogP contribution in [0.25, 0.3) is 0 Å². The normalized spacial score (nSPS) is 27.3. The lowest BCUT2D eigenvalue weighted by Gasteiger charge is -2.42. The summed E-state index contributed by atoms with van der Waals surface area (Å²) in [4.78, 5) is 13.0. The van der Waals surface area contributed by atoms with Gasteiger partial charge in [0, 0.05) is 13.0 Å². The van der Waals surface area contributed by atoms with Crippen molar-refractivity contribution in [2.45, 2.75) is 235 Å². The zero-order valence-electron chi connectivity index (χ0n) is 38.8. The van der Waals surface area contributed by atoms with Crippen LogP contribution >= 0.6 is 0 Å². The second-order valence-electron chi connectivity index (χ2n) is 17.3. The minimum Gasteiger partial charge on any atom is -0.457 e. The molecular weight excluding hydrogens is 813 g/mol. The fourth-order valence-corrected chi connectivity index (χ4v) is 7.58. The first-order valence-corrected chi connectivity index (χ1v) is 24.6. The fourth-order valence-electron chi connectivity index (χ4n) is 7.58. The van der Waals surface area contributed by atoms with Crippen LogP contribution in [0.3, 0.4) is 0 Å². The summed E-state index contributed by atoms with van der Waals surface area (Å²) in [5.41, 5.74) is 0. The van der Waals surface area contributed by atoms with Crippen molar-refractivity contribution in [3.8, 4) is 0 Å². The molecule has 0 saturated carbocycles. The van der Waals surface area contributed by atoms with Crippen molar-refractivity contribution >= 4 is 5.97 Å². The van der Waals surface area contributed by atoms with Crippen LogP contribution < -0.4 is 0 Å². The van der Waals surface area contributed by atoms with Gasteiger partial charge in [0.05, 0.1) is 26.4 Å². The fraction of sp³-hybridized carbons (Fsp3) is 0.857. The van der Waals surface area contributed by atoms with Crippen molar-refractivity contribution in [3.05, 3.63) is 36.5 Å². The van der Waals surface area contributed by atoms with Gasteiger partial charge in [-0.2, -0.15) is 0 Å². The number of carbonyl (C=O) groups excluding carboxylic acids is 1. The molecule has 2 saturated heterocycles. The van der Waals surface area contributed by atoms with Crippen LogP contribution in [0, 0.1) is 0 Å². The third kappa shape index (κ3) is 25.6. The highest BCUT2D eigenvalue weighted by atomic mass is 16.7. The molecule has 0 radical (unpaired) electrons. The van der Waals surface area contributed by atoms with Gasteiger partial charge in [-0.3, -0.25) is 4.79 Å². The second kappa shape index (κ2) is 37.3. The molecule has 0 aromatic rings. The SMILES string of the molecule is CCCCC/C=C\C/C=C\C/C=C\CCCCCCCCC(=O)OC(COCCCCCCCCCCCC)COC1OC(COC2OC(CO)C(O)C(O)C2O)C(O)C(O)C1O. The zero-order valence-corrected chi connectivity index (χ0v) is 38.8. The molecule has 11 atom stereocenters. The van der Waals surface area contributed by atoms with Gasteiger partial charge in [-0.25, -0.2) is 0 Å². The minimum absolute atomic E-state index is 0.0576. The van der Waals surface area contributed by atoms with E-state index < -0.39 is 80.7 Å². The van der Waals surface area contributed by atoms with Gasteiger partial charge in [0.25, 0.3) is 0 Å². The number of aliphatic hydroxyl groups is 7. The van der Waals surface area contributed by atoms with Crippen LogP contribution in [0.2, 0.25) is 0 Å². The minimum atomic E-state index is -1.71. The molecule has 14 heteroatoms. The van der Waals surface area contributed by atoms with E-state index in [1.165, 1.54) is 70.6 Å². The molecule has 2 rings (SSSR count). The summed E-state index contributed by atoms with van der Waals surface area (Å²) in [6.45, 7) is 3.63. The van der Waals surface area contributed by atoms with Crippen molar-refractivity contribution < 1.29 is 69.0 Å². The molecule has 0 spiro atoms. The molecule has 0 aliphatic carbocycles. The number of unbranched alkanes of at least 4 members (excludes halogenated alkanes) is 18. The van der Waals surface area contributed by atoms with Crippen LogP contribution in [0.5, 0.6) is 0 Å². The number of aliphatic hydroxyl groups excluding tert-OH is 7. The summed E-state index contributed by atoms with van der Waals surface area (Å²) in [5, 5.41) is 72.0. The Morgan fingerprint density at radius 1 is 0.524 bits per heavy atom. The first-order chi connectivity index (χ1) is 30.6. The quantitative estimate of drug-likeness (QED) is 0.0197. The first kappa shape index (κ1) is 57.3. The van der Waals surface area contributed by atoms with Crippen molar-refractivity contribution in [2.24, 2.45) is 0 Å². The predicted molar refractivity (Wildman–Crippen MR) is 243 cm³/mol. The average molecular weight is 901 g/mol. The highest BCUT2D eigenvalue weighted by Crippen LogP contribution is 2.26. The summed E-state index contributed by atoms with van der Waals surface area (Å²) < 4.78 is 34.2. The molecule has 2 aliphatic rings. The van der Waals surface area contributed by atoms with Crippen molar-refractivity contribution in [1.29, 1.82) is 0 Å².